The van der Waals surface area contributed by atoms with Crippen molar-refractivity contribution in [3.8, 4) is 0 Å². The SMILES string of the molecule is CCN1CCCC(c2nc(CCN)co2)C1. The molecule has 1 fully saturated rings. The van der Waals surface area contributed by atoms with Gasteiger partial charge in [-0.1, -0.05) is 6.92 Å². The van der Waals surface area contributed by atoms with Crippen LogP contribution in [-0.4, -0.2) is 36.1 Å². The number of piperidine rings is 1. The van der Waals surface area contributed by atoms with Crippen LogP contribution in [0.1, 0.15) is 37.3 Å². The van der Waals surface area contributed by atoms with Crippen molar-refractivity contribution in [1.29, 1.82) is 0 Å². The summed E-state index contributed by atoms with van der Waals surface area (Å²) in [5.41, 5.74) is 6.49. The summed E-state index contributed by atoms with van der Waals surface area (Å²) in [6.45, 7) is 6.25. The average molecular weight is 223 g/mol. The quantitative estimate of drug-likeness (QED) is 0.837. The normalized spacial score (nSPS) is 22.5. The van der Waals surface area contributed by atoms with E-state index >= 15 is 0 Å². The van der Waals surface area contributed by atoms with Crippen molar-refractivity contribution in [2.45, 2.75) is 32.1 Å². The van der Waals surface area contributed by atoms with E-state index in [1.807, 2.05) is 0 Å². The zero-order valence-corrected chi connectivity index (χ0v) is 9.98. The van der Waals surface area contributed by atoms with Crippen molar-refractivity contribution in [2.75, 3.05) is 26.2 Å². The van der Waals surface area contributed by atoms with E-state index in [0.29, 0.717) is 12.5 Å². The standard InChI is InChI=1S/C12H21N3O/c1-2-15-7-3-4-10(8-15)12-14-11(5-6-13)9-16-12/h9-10H,2-8,13H2,1H3. The second-order valence-corrected chi connectivity index (χ2v) is 4.45. The van der Waals surface area contributed by atoms with Gasteiger partial charge in [-0.05, 0) is 32.5 Å². The van der Waals surface area contributed by atoms with Crippen LogP contribution in [0.25, 0.3) is 0 Å². The molecule has 1 aromatic heterocycles. The fraction of sp³-hybridized carbons (Fsp3) is 0.750. The highest BCUT2D eigenvalue weighted by Crippen LogP contribution is 2.26. The van der Waals surface area contributed by atoms with Gasteiger partial charge < -0.3 is 15.1 Å². The summed E-state index contributed by atoms with van der Waals surface area (Å²) in [6, 6.07) is 0. The molecule has 1 aliphatic rings. The van der Waals surface area contributed by atoms with E-state index in [9.17, 15) is 0 Å². The second-order valence-electron chi connectivity index (χ2n) is 4.45. The molecule has 0 aliphatic carbocycles. The van der Waals surface area contributed by atoms with Crippen molar-refractivity contribution in [3.05, 3.63) is 17.8 Å². The fourth-order valence-corrected chi connectivity index (χ4v) is 2.32. The number of hydrogen-bond donors (Lipinski definition) is 1. The summed E-state index contributed by atoms with van der Waals surface area (Å²) in [6.07, 6.45) is 5.01. The number of likely N-dealkylation sites (tertiary alicyclic amines) is 1. The Morgan fingerprint density at radius 3 is 3.25 bits per heavy atom. The van der Waals surface area contributed by atoms with Crippen LogP contribution in [0, 0.1) is 0 Å². The Morgan fingerprint density at radius 1 is 1.62 bits per heavy atom. The molecular formula is C12H21N3O. The molecule has 1 aromatic rings. The molecule has 1 saturated heterocycles. The Hall–Kier alpha value is -0.870. The maximum atomic E-state index is 5.56. The van der Waals surface area contributed by atoms with Gasteiger partial charge in [0.05, 0.1) is 5.69 Å². The van der Waals surface area contributed by atoms with Gasteiger partial charge in [0.15, 0.2) is 5.89 Å². The minimum atomic E-state index is 0.472. The number of nitrogens with zero attached hydrogens (tertiary/aromatic N) is 2. The third-order valence-electron chi connectivity index (χ3n) is 3.27. The predicted octanol–water partition coefficient (Wildman–Crippen LogP) is 1.38. The minimum Gasteiger partial charge on any atom is -0.448 e. The average Bonchev–Trinajstić information content (AvgIpc) is 2.78. The van der Waals surface area contributed by atoms with Crippen LogP contribution in [0.15, 0.2) is 10.7 Å². The number of nitrogens with two attached hydrogens (primary N) is 1. The highest BCUT2D eigenvalue weighted by Gasteiger charge is 2.23. The first kappa shape index (κ1) is 11.6. The fourth-order valence-electron chi connectivity index (χ4n) is 2.32. The van der Waals surface area contributed by atoms with E-state index in [1.165, 1.54) is 19.4 Å². The van der Waals surface area contributed by atoms with E-state index in [4.69, 9.17) is 10.2 Å². The molecule has 0 aromatic carbocycles. The number of rotatable bonds is 4. The van der Waals surface area contributed by atoms with Crippen molar-refractivity contribution in [1.82, 2.24) is 9.88 Å². The predicted molar refractivity (Wildman–Crippen MR) is 63.4 cm³/mol. The molecule has 4 heteroatoms. The second kappa shape index (κ2) is 5.46. The Bertz CT molecular complexity index is 324. The van der Waals surface area contributed by atoms with Gasteiger partial charge in [0.1, 0.15) is 6.26 Å². The molecule has 0 saturated carbocycles. The summed E-state index contributed by atoms with van der Waals surface area (Å²) in [4.78, 5) is 6.98. The highest BCUT2D eigenvalue weighted by molar-refractivity contribution is 5.03. The van der Waals surface area contributed by atoms with Crippen LogP contribution in [0.3, 0.4) is 0 Å². The number of oxazole rings is 1. The number of hydrogen-bond acceptors (Lipinski definition) is 4. The monoisotopic (exact) mass is 223 g/mol. The van der Waals surface area contributed by atoms with Crippen LogP contribution in [-0.2, 0) is 6.42 Å². The topological polar surface area (TPSA) is 55.3 Å². The van der Waals surface area contributed by atoms with Crippen LogP contribution in [0.5, 0.6) is 0 Å². The van der Waals surface area contributed by atoms with Gasteiger partial charge >= 0.3 is 0 Å². The number of likely N-dealkylation sites (N-methyl/N-ethyl adjacent to an activating group) is 1. The first-order valence-electron chi connectivity index (χ1n) is 6.20. The van der Waals surface area contributed by atoms with Gasteiger partial charge in [0, 0.05) is 18.9 Å². The molecule has 4 nitrogen and oxygen atoms in total. The lowest BCUT2D eigenvalue weighted by atomic mass is 9.98. The van der Waals surface area contributed by atoms with Crippen molar-refractivity contribution >= 4 is 0 Å². The first-order chi connectivity index (χ1) is 7.83. The molecule has 2 N–H and O–H groups in total. The van der Waals surface area contributed by atoms with E-state index in [-0.39, 0.29) is 0 Å². The molecule has 1 aliphatic heterocycles. The van der Waals surface area contributed by atoms with E-state index in [0.717, 1.165) is 31.1 Å². The van der Waals surface area contributed by atoms with Gasteiger partial charge in [-0.25, -0.2) is 4.98 Å². The Morgan fingerprint density at radius 2 is 2.50 bits per heavy atom. The molecule has 2 rings (SSSR count). The van der Waals surface area contributed by atoms with Gasteiger partial charge in [0.2, 0.25) is 0 Å². The van der Waals surface area contributed by atoms with Crippen LogP contribution >= 0.6 is 0 Å². The zero-order chi connectivity index (χ0) is 11.4. The highest BCUT2D eigenvalue weighted by atomic mass is 16.3. The Kier molecular flexibility index (Phi) is 3.96. The Balaban J connectivity index is 1.99. The lowest BCUT2D eigenvalue weighted by Crippen LogP contribution is -2.34. The minimum absolute atomic E-state index is 0.472. The lowest BCUT2D eigenvalue weighted by molar-refractivity contribution is 0.202. The molecule has 0 spiro atoms. The van der Waals surface area contributed by atoms with E-state index in [1.54, 1.807) is 6.26 Å². The van der Waals surface area contributed by atoms with Crippen LogP contribution in [0.4, 0.5) is 0 Å². The summed E-state index contributed by atoms with van der Waals surface area (Å²) in [7, 11) is 0. The molecule has 0 radical (unpaired) electrons. The molecule has 0 bridgehead atoms. The maximum absolute atomic E-state index is 5.56. The molecule has 0 amide bonds. The third kappa shape index (κ3) is 2.62. The van der Waals surface area contributed by atoms with Crippen LogP contribution < -0.4 is 5.73 Å². The summed E-state index contributed by atoms with van der Waals surface area (Å²) < 4.78 is 5.56. The van der Waals surface area contributed by atoms with Gasteiger partial charge in [0.25, 0.3) is 0 Å². The van der Waals surface area contributed by atoms with E-state index < -0.39 is 0 Å². The van der Waals surface area contributed by atoms with Gasteiger partial charge in [-0.3, -0.25) is 0 Å². The third-order valence-corrected chi connectivity index (χ3v) is 3.27. The summed E-state index contributed by atoms with van der Waals surface area (Å²) in [5, 5.41) is 0. The Labute approximate surface area is 96.8 Å². The first-order valence-corrected chi connectivity index (χ1v) is 6.20. The molecule has 1 atom stereocenters. The van der Waals surface area contributed by atoms with E-state index in [2.05, 4.69) is 16.8 Å². The van der Waals surface area contributed by atoms with Gasteiger partial charge in [-0.15, -0.1) is 0 Å². The largest absolute Gasteiger partial charge is 0.448 e. The van der Waals surface area contributed by atoms with Gasteiger partial charge in [-0.2, -0.15) is 0 Å². The smallest absolute Gasteiger partial charge is 0.198 e. The zero-order valence-electron chi connectivity index (χ0n) is 9.98. The number of aromatic nitrogens is 1. The molecule has 2 heterocycles. The van der Waals surface area contributed by atoms with Crippen LogP contribution in [0.2, 0.25) is 0 Å². The lowest BCUT2D eigenvalue weighted by Gasteiger charge is -2.29. The van der Waals surface area contributed by atoms with Crippen molar-refractivity contribution in [2.24, 2.45) is 5.73 Å². The summed E-state index contributed by atoms with van der Waals surface area (Å²) >= 11 is 0. The molecular weight excluding hydrogens is 202 g/mol. The molecule has 16 heavy (non-hydrogen) atoms. The maximum Gasteiger partial charge on any atom is 0.198 e. The van der Waals surface area contributed by atoms with Crippen molar-refractivity contribution < 1.29 is 4.42 Å². The molecule has 90 valence electrons. The molecule has 1 unspecified atom stereocenters. The summed E-state index contributed by atoms with van der Waals surface area (Å²) in [5.74, 6) is 1.38. The van der Waals surface area contributed by atoms with Crippen molar-refractivity contribution in [3.63, 3.8) is 0 Å².